The lowest BCUT2D eigenvalue weighted by Crippen LogP contribution is -2.67. The maximum absolute atomic E-state index is 13.0. The minimum absolute atomic E-state index is 0.0747. The summed E-state index contributed by atoms with van der Waals surface area (Å²) in [6.07, 6.45) is 3.85. The van der Waals surface area contributed by atoms with E-state index in [0.29, 0.717) is 6.61 Å². The third-order valence-electron chi connectivity index (χ3n) is 6.08. The summed E-state index contributed by atoms with van der Waals surface area (Å²) in [4.78, 5) is 13.0. The van der Waals surface area contributed by atoms with E-state index in [2.05, 4.69) is 94.4 Å². The Morgan fingerprint density at radius 3 is 1.93 bits per heavy atom. The van der Waals surface area contributed by atoms with Crippen molar-refractivity contribution in [2.24, 2.45) is 5.41 Å². The van der Waals surface area contributed by atoms with E-state index in [-0.39, 0.29) is 10.8 Å². The van der Waals surface area contributed by atoms with Crippen LogP contribution in [0.1, 0.15) is 47.5 Å². The average Bonchev–Trinajstić information content (AvgIpc) is 2.67. The fraction of sp³-hybridized carbons (Fsp3) is 0.400. The van der Waals surface area contributed by atoms with Crippen LogP contribution in [0.25, 0.3) is 0 Å². The number of allylic oxidation sites excluding steroid dienone is 2. The Morgan fingerprint density at radius 1 is 0.964 bits per heavy atom. The standard InChI is InChI=1S/C25H32O2Si/c1-20-13-12-18-25(5,23(20)26)19-27-28(24(2,3)4,21-14-8-6-9-15-21)22-16-10-7-11-17-22/h6-11,13-17H,12,18-19H2,1-5H3/t25-/m1/s1. The number of carbonyl (C=O) groups excluding carboxylic acids is 1. The van der Waals surface area contributed by atoms with Crippen molar-refractivity contribution < 1.29 is 9.22 Å². The van der Waals surface area contributed by atoms with Gasteiger partial charge in [-0.1, -0.05) is 94.4 Å². The highest BCUT2D eigenvalue weighted by molar-refractivity contribution is 6.99. The minimum atomic E-state index is -2.60. The Bertz CT molecular complexity index is 810. The number of rotatable bonds is 5. The number of ketones is 1. The van der Waals surface area contributed by atoms with Gasteiger partial charge in [0.15, 0.2) is 5.78 Å². The predicted molar refractivity (Wildman–Crippen MR) is 120 cm³/mol. The Labute approximate surface area is 170 Å². The lowest BCUT2D eigenvalue weighted by Gasteiger charge is -2.45. The molecule has 0 amide bonds. The molecule has 1 aliphatic rings. The molecule has 3 heteroatoms. The largest absolute Gasteiger partial charge is 0.406 e. The van der Waals surface area contributed by atoms with Gasteiger partial charge in [0.2, 0.25) is 0 Å². The molecule has 2 aromatic carbocycles. The zero-order valence-corrected chi connectivity index (χ0v) is 18.8. The molecule has 148 valence electrons. The van der Waals surface area contributed by atoms with Crippen LogP contribution in [-0.2, 0) is 9.22 Å². The van der Waals surface area contributed by atoms with Crippen molar-refractivity contribution in [3.8, 4) is 0 Å². The monoisotopic (exact) mass is 392 g/mol. The van der Waals surface area contributed by atoms with Crippen LogP contribution in [0.5, 0.6) is 0 Å². The maximum atomic E-state index is 13.0. The van der Waals surface area contributed by atoms with E-state index in [4.69, 9.17) is 4.43 Å². The molecule has 28 heavy (non-hydrogen) atoms. The van der Waals surface area contributed by atoms with Crippen LogP contribution >= 0.6 is 0 Å². The maximum Gasteiger partial charge on any atom is 0.261 e. The number of hydrogen-bond acceptors (Lipinski definition) is 2. The highest BCUT2D eigenvalue weighted by atomic mass is 28.4. The molecule has 0 saturated heterocycles. The highest BCUT2D eigenvalue weighted by Crippen LogP contribution is 2.40. The van der Waals surface area contributed by atoms with Crippen LogP contribution in [0.15, 0.2) is 72.3 Å². The molecule has 0 fully saturated rings. The van der Waals surface area contributed by atoms with Gasteiger partial charge < -0.3 is 4.43 Å². The molecular formula is C25H32O2Si. The fourth-order valence-corrected chi connectivity index (χ4v) is 9.15. The van der Waals surface area contributed by atoms with Crippen LogP contribution in [0.4, 0.5) is 0 Å². The lowest BCUT2D eigenvalue weighted by molar-refractivity contribution is -0.126. The third-order valence-corrected chi connectivity index (χ3v) is 11.1. The first-order valence-corrected chi connectivity index (χ1v) is 12.1. The van der Waals surface area contributed by atoms with E-state index < -0.39 is 13.7 Å². The van der Waals surface area contributed by atoms with E-state index in [9.17, 15) is 4.79 Å². The fourth-order valence-electron chi connectivity index (χ4n) is 4.46. The molecule has 3 rings (SSSR count). The molecule has 0 aliphatic heterocycles. The number of benzene rings is 2. The van der Waals surface area contributed by atoms with Gasteiger partial charge in [-0.2, -0.15) is 0 Å². The van der Waals surface area contributed by atoms with Gasteiger partial charge in [-0.25, -0.2) is 0 Å². The molecule has 2 nitrogen and oxygen atoms in total. The van der Waals surface area contributed by atoms with Crippen molar-refractivity contribution in [1.29, 1.82) is 0 Å². The van der Waals surface area contributed by atoms with Gasteiger partial charge in [0.05, 0.1) is 5.41 Å². The van der Waals surface area contributed by atoms with Crippen molar-refractivity contribution >= 4 is 24.5 Å². The third kappa shape index (κ3) is 3.66. The molecule has 0 saturated carbocycles. The summed E-state index contributed by atoms with van der Waals surface area (Å²) in [6, 6.07) is 21.3. The first-order chi connectivity index (χ1) is 13.2. The molecule has 0 radical (unpaired) electrons. The molecule has 0 unspecified atom stereocenters. The summed E-state index contributed by atoms with van der Waals surface area (Å²) in [6.45, 7) is 11.3. The molecule has 0 heterocycles. The molecule has 0 bridgehead atoms. The Kier molecular flexibility index (Phi) is 5.78. The lowest BCUT2D eigenvalue weighted by atomic mass is 9.75. The zero-order valence-electron chi connectivity index (χ0n) is 17.8. The molecule has 0 aromatic heterocycles. The number of Topliss-reactive ketones (excluding diaryl/α,β-unsaturated/α-hetero) is 1. The smallest absolute Gasteiger partial charge is 0.261 e. The summed E-state index contributed by atoms with van der Waals surface area (Å²) < 4.78 is 7.02. The first kappa shape index (κ1) is 20.8. The van der Waals surface area contributed by atoms with E-state index >= 15 is 0 Å². The van der Waals surface area contributed by atoms with Crippen molar-refractivity contribution in [2.45, 2.75) is 52.5 Å². The molecule has 2 aromatic rings. The second kappa shape index (κ2) is 7.80. The van der Waals surface area contributed by atoms with E-state index in [1.54, 1.807) is 0 Å². The topological polar surface area (TPSA) is 26.3 Å². The van der Waals surface area contributed by atoms with Crippen LogP contribution in [0.3, 0.4) is 0 Å². The van der Waals surface area contributed by atoms with Crippen molar-refractivity contribution in [1.82, 2.24) is 0 Å². The number of hydrogen-bond donors (Lipinski definition) is 0. The summed E-state index contributed by atoms with van der Waals surface area (Å²) in [5.74, 6) is 0.233. The Hall–Kier alpha value is -1.97. The molecule has 0 N–H and O–H groups in total. The normalized spacial score (nSPS) is 20.8. The summed E-state index contributed by atoms with van der Waals surface area (Å²) in [5.41, 5.74) is 0.422. The van der Waals surface area contributed by atoms with Gasteiger partial charge >= 0.3 is 0 Å². The Balaban J connectivity index is 2.09. The molecule has 1 aliphatic carbocycles. The van der Waals surface area contributed by atoms with Gasteiger partial charge in [0.1, 0.15) is 0 Å². The van der Waals surface area contributed by atoms with Crippen molar-refractivity contribution in [2.75, 3.05) is 6.61 Å². The second-order valence-corrected chi connectivity index (χ2v) is 13.6. The van der Waals surface area contributed by atoms with Crippen LogP contribution in [0, 0.1) is 5.41 Å². The molecule has 0 spiro atoms. The summed E-state index contributed by atoms with van der Waals surface area (Å²) >= 11 is 0. The first-order valence-electron chi connectivity index (χ1n) is 10.2. The SMILES string of the molecule is CC1=CCC[C@](C)(CO[Si](c2ccccc2)(c2ccccc2)C(C)(C)C)C1=O. The summed E-state index contributed by atoms with van der Waals surface area (Å²) in [7, 11) is -2.60. The van der Waals surface area contributed by atoms with Gasteiger partial charge in [0, 0.05) is 6.61 Å². The van der Waals surface area contributed by atoms with Gasteiger partial charge in [-0.3, -0.25) is 4.79 Å². The quantitative estimate of drug-likeness (QED) is 0.678. The van der Waals surface area contributed by atoms with Crippen LogP contribution in [0.2, 0.25) is 5.04 Å². The van der Waals surface area contributed by atoms with E-state index in [1.807, 2.05) is 6.92 Å². The minimum Gasteiger partial charge on any atom is -0.406 e. The highest BCUT2D eigenvalue weighted by Gasteiger charge is 2.51. The van der Waals surface area contributed by atoms with Crippen LogP contribution in [-0.4, -0.2) is 20.7 Å². The predicted octanol–water partition coefficient (Wildman–Crippen LogP) is 4.88. The van der Waals surface area contributed by atoms with Gasteiger partial charge in [-0.05, 0) is 40.8 Å². The number of carbonyl (C=O) groups is 1. The molecule has 1 atom stereocenters. The van der Waals surface area contributed by atoms with Crippen molar-refractivity contribution in [3.63, 3.8) is 0 Å². The van der Waals surface area contributed by atoms with Crippen LogP contribution < -0.4 is 10.4 Å². The zero-order chi connectivity index (χ0) is 20.4. The average molecular weight is 393 g/mol. The van der Waals surface area contributed by atoms with E-state index in [0.717, 1.165) is 18.4 Å². The Morgan fingerprint density at radius 2 is 1.46 bits per heavy atom. The summed E-state index contributed by atoms with van der Waals surface area (Å²) in [5, 5.41) is 2.44. The van der Waals surface area contributed by atoms with Crippen molar-refractivity contribution in [3.05, 3.63) is 72.3 Å². The van der Waals surface area contributed by atoms with Gasteiger partial charge in [-0.15, -0.1) is 0 Å². The van der Waals surface area contributed by atoms with E-state index in [1.165, 1.54) is 10.4 Å². The second-order valence-electron chi connectivity index (χ2n) is 9.27. The van der Waals surface area contributed by atoms with Gasteiger partial charge in [0.25, 0.3) is 8.32 Å². The molecular weight excluding hydrogens is 360 g/mol.